The Kier molecular flexibility index (Phi) is 5.14. The van der Waals surface area contributed by atoms with Crippen molar-refractivity contribution in [1.82, 2.24) is 10.4 Å². The highest BCUT2D eigenvalue weighted by Gasteiger charge is 2.06. The maximum absolute atomic E-state index is 5.42. The van der Waals surface area contributed by atoms with Crippen LogP contribution in [0.2, 0.25) is 0 Å². The molecule has 0 fully saturated rings. The van der Waals surface area contributed by atoms with Crippen molar-refractivity contribution in [3.05, 3.63) is 30.1 Å². The van der Waals surface area contributed by atoms with E-state index in [2.05, 4.69) is 10.4 Å². The molecule has 14 heavy (non-hydrogen) atoms. The minimum Gasteiger partial charge on any atom is -0.380 e. The van der Waals surface area contributed by atoms with Crippen LogP contribution in [0.4, 0.5) is 0 Å². The molecule has 0 aromatic carbocycles. The molecular formula is C10H17N3O. The number of rotatable bonds is 6. The number of nitrogens with one attached hydrogen (secondary N) is 1. The first kappa shape index (κ1) is 11.1. The van der Waals surface area contributed by atoms with E-state index >= 15 is 0 Å². The summed E-state index contributed by atoms with van der Waals surface area (Å²) in [5.41, 5.74) is 3.95. The van der Waals surface area contributed by atoms with Crippen LogP contribution in [0.1, 0.15) is 12.5 Å². The van der Waals surface area contributed by atoms with E-state index in [4.69, 9.17) is 10.6 Å². The van der Waals surface area contributed by atoms with Crippen molar-refractivity contribution in [1.29, 1.82) is 0 Å². The van der Waals surface area contributed by atoms with Crippen molar-refractivity contribution >= 4 is 0 Å². The third-order valence-electron chi connectivity index (χ3n) is 1.99. The van der Waals surface area contributed by atoms with Crippen LogP contribution in [0.15, 0.2) is 24.5 Å². The molecule has 0 aliphatic heterocycles. The zero-order valence-electron chi connectivity index (χ0n) is 8.44. The van der Waals surface area contributed by atoms with Crippen molar-refractivity contribution in [2.75, 3.05) is 13.2 Å². The highest BCUT2D eigenvalue weighted by Crippen LogP contribution is 2.01. The lowest BCUT2D eigenvalue weighted by atomic mass is 10.1. The number of nitrogens with zero attached hydrogens (tertiary/aromatic N) is 1. The van der Waals surface area contributed by atoms with Gasteiger partial charge in [-0.1, -0.05) is 0 Å². The molecule has 1 atom stereocenters. The number of pyridine rings is 1. The van der Waals surface area contributed by atoms with E-state index in [9.17, 15) is 0 Å². The van der Waals surface area contributed by atoms with Crippen LogP contribution in [0.25, 0.3) is 0 Å². The number of ether oxygens (including phenoxy) is 1. The van der Waals surface area contributed by atoms with Gasteiger partial charge in [0.2, 0.25) is 0 Å². The summed E-state index contributed by atoms with van der Waals surface area (Å²) in [5, 5.41) is 0. The highest BCUT2D eigenvalue weighted by molar-refractivity contribution is 5.11. The lowest BCUT2D eigenvalue weighted by Crippen LogP contribution is -2.40. The summed E-state index contributed by atoms with van der Waals surface area (Å²) in [6.07, 6.45) is 4.42. The maximum Gasteiger partial charge on any atom is 0.0636 e. The monoisotopic (exact) mass is 195 g/mol. The Balaban J connectivity index is 2.40. The molecular weight excluding hydrogens is 178 g/mol. The van der Waals surface area contributed by atoms with E-state index in [0.717, 1.165) is 6.42 Å². The third kappa shape index (κ3) is 3.83. The average molecular weight is 195 g/mol. The second-order valence-corrected chi connectivity index (χ2v) is 3.08. The molecule has 0 saturated carbocycles. The fraction of sp³-hybridized carbons (Fsp3) is 0.500. The fourth-order valence-electron chi connectivity index (χ4n) is 1.23. The molecule has 78 valence electrons. The van der Waals surface area contributed by atoms with E-state index in [0.29, 0.717) is 13.2 Å². The Morgan fingerprint density at radius 2 is 2.21 bits per heavy atom. The molecule has 3 N–H and O–H groups in total. The first-order valence-corrected chi connectivity index (χ1v) is 4.79. The molecule has 0 saturated heterocycles. The van der Waals surface area contributed by atoms with Crippen LogP contribution in [0.3, 0.4) is 0 Å². The Morgan fingerprint density at radius 3 is 2.79 bits per heavy atom. The number of nitrogens with two attached hydrogens (primary N) is 1. The van der Waals surface area contributed by atoms with Gasteiger partial charge in [0.05, 0.1) is 6.61 Å². The number of hydrogen-bond acceptors (Lipinski definition) is 4. The minimum atomic E-state index is 0.164. The van der Waals surface area contributed by atoms with Crippen LogP contribution in [-0.4, -0.2) is 24.2 Å². The molecule has 4 nitrogen and oxygen atoms in total. The Bertz CT molecular complexity index is 240. The number of hydrazine groups is 1. The van der Waals surface area contributed by atoms with E-state index in [-0.39, 0.29) is 6.04 Å². The molecule has 0 aliphatic carbocycles. The van der Waals surface area contributed by atoms with Gasteiger partial charge in [-0.3, -0.25) is 16.3 Å². The van der Waals surface area contributed by atoms with Crippen molar-refractivity contribution < 1.29 is 4.74 Å². The average Bonchev–Trinajstić information content (AvgIpc) is 2.25. The largest absolute Gasteiger partial charge is 0.380 e. The fourth-order valence-corrected chi connectivity index (χ4v) is 1.23. The molecule has 1 heterocycles. The zero-order chi connectivity index (χ0) is 10.2. The standard InChI is InChI=1S/C10H17N3O/c1-2-14-8-10(13-11)7-9-3-5-12-6-4-9/h3-6,10,13H,2,7-8,11H2,1H3. The molecule has 0 bridgehead atoms. The SMILES string of the molecule is CCOCC(Cc1ccncc1)NN. The van der Waals surface area contributed by atoms with Gasteiger partial charge in [0.1, 0.15) is 0 Å². The van der Waals surface area contributed by atoms with Gasteiger partial charge in [0, 0.05) is 25.0 Å². The van der Waals surface area contributed by atoms with Gasteiger partial charge < -0.3 is 4.74 Å². The molecule has 0 radical (unpaired) electrons. The molecule has 1 unspecified atom stereocenters. The van der Waals surface area contributed by atoms with Crippen molar-refractivity contribution in [3.8, 4) is 0 Å². The minimum absolute atomic E-state index is 0.164. The molecule has 4 heteroatoms. The van der Waals surface area contributed by atoms with Gasteiger partial charge >= 0.3 is 0 Å². The van der Waals surface area contributed by atoms with Gasteiger partial charge in [-0.15, -0.1) is 0 Å². The van der Waals surface area contributed by atoms with Gasteiger partial charge in [0.15, 0.2) is 0 Å². The van der Waals surface area contributed by atoms with Crippen LogP contribution in [0.5, 0.6) is 0 Å². The first-order valence-electron chi connectivity index (χ1n) is 4.79. The van der Waals surface area contributed by atoms with Crippen molar-refractivity contribution in [3.63, 3.8) is 0 Å². The summed E-state index contributed by atoms with van der Waals surface area (Å²) in [4.78, 5) is 3.96. The van der Waals surface area contributed by atoms with E-state index < -0.39 is 0 Å². The third-order valence-corrected chi connectivity index (χ3v) is 1.99. The first-order chi connectivity index (χ1) is 6.86. The predicted molar refractivity (Wildman–Crippen MR) is 55.5 cm³/mol. The Hall–Kier alpha value is -0.970. The predicted octanol–water partition coefficient (Wildman–Crippen LogP) is 0.493. The van der Waals surface area contributed by atoms with Crippen LogP contribution < -0.4 is 11.3 Å². The summed E-state index contributed by atoms with van der Waals surface area (Å²) < 4.78 is 5.30. The van der Waals surface area contributed by atoms with Gasteiger partial charge in [-0.2, -0.15) is 0 Å². The summed E-state index contributed by atoms with van der Waals surface area (Å²) >= 11 is 0. The normalized spacial score (nSPS) is 12.7. The summed E-state index contributed by atoms with van der Waals surface area (Å²) in [6.45, 7) is 3.32. The lowest BCUT2D eigenvalue weighted by Gasteiger charge is -2.15. The molecule has 1 aromatic rings. The van der Waals surface area contributed by atoms with E-state index in [1.807, 2.05) is 19.1 Å². The number of aromatic nitrogens is 1. The van der Waals surface area contributed by atoms with Gasteiger partial charge in [-0.05, 0) is 31.0 Å². The van der Waals surface area contributed by atoms with Gasteiger partial charge in [-0.25, -0.2) is 0 Å². The van der Waals surface area contributed by atoms with Crippen LogP contribution in [-0.2, 0) is 11.2 Å². The van der Waals surface area contributed by atoms with Crippen molar-refractivity contribution in [2.45, 2.75) is 19.4 Å². The Labute approximate surface area is 84.4 Å². The highest BCUT2D eigenvalue weighted by atomic mass is 16.5. The lowest BCUT2D eigenvalue weighted by molar-refractivity contribution is 0.123. The molecule has 1 rings (SSSR count). The molecule has 1 aromatic heterocycles. The topological polar surface area (TPSA) is 60.2 Å². The Morgan fingerprint density at radius 1 is 1.50 bits per heavy atom. The van der Waals surface area contributed by atoms with E-state index in [1.54, 1.807) is 12.4 Å². The van der Waals surface area contributed by atoms with Crippen molar-refractivity contribution in [2.24, 2.45) is 5.84 Å². The summed E-state index contributed by atoms with van der Waals surface area (Å²) in [7, 11) is 0. The molecule has 0 aliphatic rings. The van der Waals surface area contributed by atoms with Crippen LogP contribution in [0, 0.1) is 0 Å². The number of hydrogen-bond donors (Lipinski definition) is 2. The zero-order valence-corrected chi connectivity index (χ0v) is 8.44. The molecule has 0 spiro atoms. The van der Waals surface area contributed by atoms with Gasteiger partial charge in [0.25, 0.3) is 0 Å². The summed E-state index contributed by atoms with van der Waals surface area (Å²) in [5.74, 6) is 5.42. The van der Waals surface area contributed by atoms with E-state index in [1.165, 1.54) is 5.56 Å². The summed E-state index contributed by atoms with van der Waals surface area (Å²) in [6, 6.07) is 4.13. The second kappa shape index (κ2) is 6.48. The smallest absolute Gasteiger partial charge is 0.0636 e. The second-order valence-electron chi connectivity index (χ2n) is 3.08. The van der Waals surface area contributed by atoms with Crippen LogP contribution >= 0.6 is 0 Å². The molecule has 0 amide bonds. The maximum atomic E-state index is 5.42. The quantitative estimate of drug-likeness (QED) is 0.512.